The molecule has 0 fully saturated rings. The highest BCUT2D eigenvalue weighted by molar-refractivity contribution is 5.89. The molecule has 1 aliphatic rings. The standard InChI is InChI=1S/C17H17FO6/c1-23-17(22)11-8-13(19)16(14(20)9-11)24-15(21)7-4-10-2-5-12(18)6-3-10/h2-8,13-14,16,19-20H,9H2,1H3/b7-4+/t13-,14-,16-/m1/s1. The fraction of sp³-hybridized carbons (Fsp3) is 0.294. The summed E-state index contributed by atoms with van der Waals surface area (Å²) in [6.45, 7) is 0. The number of methoxy groups -OCH3 is 1. The first-order chi connectivity index (χ1) is 11.4. The molecule has 7 heteroatoms. The van der Waals surface area contributed by atoms with E-state index in [-0.39, 0.29) is 12.0 Å². The summed E-state index contributed by atoms with van der Waals surface area (Å²) in [4.78, 5) is 23.2. The molecule has 1 aliphatic carbocycles. The summed E-state index contributed by atoms with van der Waals surface area (Å²) in [7, 11) is 1.19. The number of hydrogen-bond acceptors (Lipinski definition) is 6. The van der Waals surface area contributed by atoms with Gasteiger partial charge >= 0.3 is 11.9 Å². The highest BCUT2D eigenvalue weighted by atomic mass is 19.1. The van der Waals surface area contributed by atoms with E-state index >= 15 is 0 Å². The van der Waals surface area contributed by atoms with E-state index in [4.69, 9.17) is 4.74 Å². The molecule has 2 rings (SSSR count). The van der Waals surface area contributed by atoms with Gasteiger partial charge < -0.3 is 19.7 Å². The van der Waals surface area contributed by atoms with Crippen LogP contribution in [-0.2, 0) is 19.1 Å². The molecular weight excluding hydrogens is 319 g/mol. The van der Waals surface area contributed by atoms with Crippen molar-refractivity contribution >= 4 is 18.0 Å². The van der Waals surface area contributed by atoms with Gasteiger partial charge in [0.25, 0.3) is 0 Å². The van der Waals surface area contributed by atoms with E-state index in [0.717, 1.165) is 6.08 Å². The van der Waals surface area contributed by atoms with Crippen LogP contribution in [0.1, 0.15) is 12.0 Å². The first kappa shape index (κ1) is 17.8. The lowest BCUT2D eigenvalue weighted by Gasteiger charge is -2.30. The summed E-state index contributed by atoms with van der Waals surface area (Å²) >= 11 is 0. The Morgan fingerprint density at radius 2 is 1.92 bits per heavy atom. The molecule has 0 unspecified atom stereocenters. The second-order valence-electron chi connectivity index (χ2n) is 5.23. The van der Waals surface area contributed by atoms with E-state index < -0.39 is 36.1 Å². The maximum absolute atomic E-state index is 12.8. The van der Waals surface area contributed by atoms with E-state index in [1.807, 2.05) is 0 Å². The van der Waals surface area contributed by atoms with Gasteiger partial charge in [-0.25, -0.2) is 14.0 Å². The highest BCUT2D eigenvalue weighted by Crippen LogP contribution is 2.23. The van der Waals surface area contributed by atoms with E-state index in [0.29, 0.717) is 5.56 Å². The smallest absolute Gasteiger partial charge is 0.333 e. The van der Waals surface area contributed by atoms with Crippen molar-refractivity contribution in [3.05, 3.63) is 53.4 Å². The Morgan fingerprint density at radius 3 is 2.50 bits per heavy atom. The van der Waals surface area contributed by atoms with Gasteiger partial charge in [-0.05, 0) is 29.8 Å². The van der Waals surface area contributed by atoms with Crippen LogP contribution in [-0.4, -0.2) is 47.6 Å². The summed E-state index contributed by atoms with van der Waals surface area (Å²) in [6, 6.07) is 5.46. The summed E-state index contributed by atoms with van der Waals surface area (Å²) in [5, 5.41) is 19.9. The highest BCUT2D eigenvalue weighted by Gasteiger charge is 2.36. The third-order valence-electron chi connectivity index (χ3n) is 3.50. The van der Waals surface area contributed by atoms with Gasteiger partial charge in [-0.1, -0.05) is 12.1 Å². The van der Waals surface area contributed by atoms with Crippen LogP contribution in [0.4, 0.5) is 4.39 Å². The normalized spacial score (nSPS) is 23.7. The van der Waals surface area contributed by atoms with Crippen LogP contribution in [0.25, 0.3) is 6.08 Å². The van der Waals surface area contributed by atoms with E-state index in [9.17, 15) is 24.2 Å². The van der Waals surface area contributed by atoms with Crippen LogP contribution in [0.5, 0.6) is 0 Å². The lowest BCUT2D eigenvalue weighted by atomic mass is 9.92. The van der Waals surface area contributed by atoms with Crippen molar-refractivity contribution in [1.82, 2.24) is 0 Å². The molecule has 0 aliphatic heterocycles. The maximum Gasteiger partial charge on any atom is 0.333 e. The number of carbonyl (C=O) groups is 2. The monoisotopic (exact) mass is 336 g/mol. The predicted molar refractivity (Wildman–Crippen MR) is 82.0 cm³/mol. The minimum atomic E-state index is -1.33. The molecule has 0 bridgehead atoms. The van der Waals surface area contributed by atoms with Crippen LogP contribution < -0.4 is 0 Å². The molecule has 1 aromatic carbocycles. The Labute approximate surface area is 137 Å². The Morgan fingerprint density at radius 1 is 1.25 bits per heavy atom. The zero-order valence-corrected chi connectivity index (χ0v) is 12.9. The molecule has 0 saturated carbocycles. The number of esters is 2. The average molecular weight is 336 g/mol. The van der Waals surface area contributed by atoms with Gasteiger partial charge in [0, 0.05) is 18.1 Å². The van der Waals surface area contributed by atoms with Crippen LogP contribution in [0, 0.1) is 5.82 Å². The van der Waals surface area contributed by atoms with Crippen LogP contribution >= 0.6 is 0 Å². The van der Waals surface area contributed by atoms with Crippen molar-refractivity contribution in [3.8, 4) is 0 Å². The Bertz CT molecular complexity index is 664. The molecule has 2 N–H and O–H groups in total. The van der Waals surface area contributed by atoms with Crippen molar-refractivity contribution in [2.24, 2.45) is 0 Å². The zero-order chi connectivity index (χ0) is 17.7. The number of carbonyl (C=O) groups excluding carboxylic acids is 2. The number of ether oxygens (including phenoxy) is 2. The molecule has 0 spiro atoms. The molecule has 3 atom stereocenters. The number of aliphatic hydroxyl groups excluding tert-OH is 2. The van der Waals surface area contributed by atoms with Gasteiger partial charge in [-0.15, -0.1) is 0 Å². The third kappa shape index (κ3) is 4.50. The fourth-order valence-corrected chi connectivity index (χ4v) is 2.28. The quantitative estimate of drug-likeness (QED) is 0.629. The van der Waals surface area contributed by atoms with Gasteiger partial charge in [-0.3, -0.25) is 0 Å². The lowest BCUT2D eigenvalue weighted by Crippen LogP contribution is -2.44. The molecule has 1 aromatic rings. The second kappa shape index (κ2) is 7.85. The summed E-state index contributed by atoms with van der Waals surface area (Å²) in [5.74, 6) is -1.83. The Balaban J connectivity index is 1.99. The van der Waals surface area contributed by atoms with Gasteiger partial charge in [0.2, 0.25) is 0 Å². The number of benzene rings is 1. The SMILES string of the molecule is COC(=O)C1=C[C@@H](O)[C@@H](OC(=O)/C=C/c2ccc(F)cc2)[C@H](O)C1. The van der Waals surface area contributed by atoms with Crippen LogP contribution in [0.2, 0.25) is 0 Å². The van der Waals surface area contributed by atoms with Crippen molar-refractivity contribution in [2.75, 3.05) is 7.11 Å². The first-order valence-corrected chi connectivity index (χ1v) is 7.20. The maximum atomic E-state index is 12.8. The van der Waals surface area contributed by atoms with Crippen molar-refractivity contribution in [3.63, 3.8) is 0 Å². The van der Waals surface area contributed by atoms with Crippen molar-refractivity contribution < 1.29 is 33.7 Å². The molecule has 6 nitrogen and oxygen atoms in total. The summed E-state index contributed by atoms with van der Waals surface area (Å²) in [6.07, 6.45) is -0.133. The minimum absolute atomic E-state index is 0.0939. The molecule has 24 heavy (non-hydrogen) atoms. The van der Waals surface area contributed by atoms with Crippen molar-refractivity contribution in [2.45, 2.75) is 24.7 Å². The first-order valence-electron chi connectivity index (χ1n) is 7.20. The average Bonchev–Trinajstić information content (AvgIpc) is 2.56. The predicted octanol–water partition coefficient (Wildman–Crippen LogP) is 0.976. The third-order valence-corrected chi connectivity index (χ3v) is 3.50. The molecule has 128 valence electrons. The van der Waals surface area contributed by atoms with Crippen molar-refractivity contribution in [1.29, 1.82) is 0 Å². The van der Waals surface area contributed by atoms with Crippen LogP contribution in [0.3, 0.4) is 0 Å². The van der Waals surface area contributed by atoms with E-state index in [1.165, 1.54) is 43.5 Å². The Hall–Kier alpha value is -2.51. The number of aliphatic hydroxyl groups is 2. The lowest BCUT2D eigenvalue weighted by molar-refractivity contribution is -0.157. The minimum Gasteiger partial charge on any atom is -0.466 e. The number of rotatable bonds is 4. The molecule has 0 aromatic heterocycles. The number of hydrogen-bond donors (Lipinski definition) is 2. The molecule has 0 saturated heterocycles. The van der Waals surface area contributed by atoms with Gasteiger partial charge in [0.05, 0.1) is 13.2 Å². The summed E-state index contributed by atoms with van der Waals surface area (Å²) in [5.41, 5.74) is 0.706. The second-order valence-corrected chi connectivity index (χ2v) is 5.23. The zero-order valence-electron chi connectivity index (χ0n) is 12.9. The molecule has 0 amide bonds. The van der Waals surface area contributed by atoms with Gasteiger partial charge in [0.15, 0.2) is 6.10 Å². The van der Waals surface area contributed by atoms with E-state index in [1.54, 1.807) is 0 Å². The summed E-state index contributed by atoms with van der Waals surface area (Å²) < 4.78 is 22.3. The largest absolute Gasteiger partial charge is 0.466 e. The molecular formula is C17H17FO6. The number of halogens is 1. The van der Waals surface area contributed by atoms with Crippen LogP contribution in [0.15, 0.2) is 42.0 Å². The van der Waals surface area contributed by atoms with E-state index in [2.05, 4.69) is 4.74 Å². The molecule has 0 radical (unpaired) electrons. The fourth-order valence-electron chi connectivity index (χ4n) is 2.28. The Kier molecular flexibility index (Phi) is 5.83. The van der Waals surface area contributed by atoms with Gasteiger partial charge in [-0.2, -0.15) is 0 Å². The topological polar surface area (TPSA) is 93.1 Å². The molecule has 0 heterocycles. The van der Waals surface area contributed by atoms with Gasteiger partial charge in [0.1, 0.15) is 11.9 Å².